The summed E-state index contributed by atoms with van der Waals surface area (Å²) in [7, 11) is 0. The van der Waals surface area contributed by atoms with Crippen molar-refractivity contribution in [2.24, 2.45) is 0 Å². The van der Waals surface area contributed by atoms with Crippen LogP contribution in [0.2, 0.25) is 0 Å². The maximum absolute atomic E-state index is 11.7. The van der Waals surface area contributed by atoms with Crippen molar-refractivity contribution in [3.8, 4) is 10.7 Å². The molecule has 0 spiro atoms. The molecule has 2 aromatic heterocycles. The van der Waals surface area contributed by atoms with E-state index in [1.165, 1.54) is 11.3 Å². The minimum absolute atomic E-state index is 0.339. The molecule has 94 valence electrons. The third kappa shape index (κ3) is 2.48. The Morgan fingerprint density at radius 1 is 1.50 bits per heavy atom. The number of nitrogens with zero attached hydrogens (tertiary/aromatic N) is 2. The number of pyridine rings is 1. The summed E-state index contributed by atoms with van der Waals surface area (Å²) < 4.78 is 4.97. The number of ether oxygens (including phenoxy) is 1. The molecule has 0 aliphatic carbocycles. The molecule has 0 radical (unpaired) electrons. The Bertz CT molecular complexity index is 563. The van der Waals surface area contributed by atoms with E-state index in [0.717, 1.165) is 0 Å². The van der Waals surface area contributed by atoms with Gasteiger partial charge in [-0.25, -0.2) is 9.78 Å². The molecule has 0 saturated heterocycles. The Balaban J connectivity index is 2.34. The highest BCUT2D eigenvalue weighted by atomic mass is 32.1. The van der Waals surface area contributed by atoms with Gasteiger partial charge in [-0.05, 0) is 26.0 Å². The van der Waals surface area contributed by atoms with E-state index in [4.69, 9.17) is 10.5 Å². The summed E-state index contributed by atoms with van der Waals surface area (Å²) in [5, 5.41) is 0.690. The highest BCUT2D eigenvalue weighted by molar-refractivity contribution is 7.17. The van der Waals surface area contributed by atoms with Crippen molar-refractivity contribution < 1.29 is 9.53 Å². The number of anilines is 1. The highest BCUT2D eigenvalue weighted by Crippen LogP contribution is 2.27. The molecule has 0 aromatic carbocycles. The summed E-state index contributed by atoms with van der Waals surface area (Å²) in [4.78, 5) is 20.7. The summed E-state index contributed by atoms with van der Waals surface area (Å²) in [6, 6.07) is 3.53. The van der Waals surface area contributed by atoms with Crippen LogP contribution in [0.5, 0.6) is 0 Å². The fourth-order valence-electron chi connectivity index (χ4n) is 1.42. The second-order valence-electron chi connectivity index (χ2n) is 3.63. The van der Waals surface area contributed by atoms with Crippen molar-refractivity contribution in [2.75, 3.05) is 12.3 Å². The predicted octanol–water partition coefficient (Wildman–Crippen LogP) is 2.27. The summed E-state index contributed by atoms with van der Waals surface area (Å²) >= 11 is 1.28. The molecular formula is C12H13N3O2S. The van der Waals surface area contributed by atoms with E-state index < -0.39 is 0 Å². The number of rotatable bonds is 3. The number of carbonyl (C=O) groups excluding carboxylic acids is 1. The predicted molar refractivity (Wildman–Crippen MR) is 70.5 cm³/mol. The Morgan fingerprint density at radius 2 is 2.28 bits per heavy atom. The Morgan fingerprint density at radius 3 is 2.89 bits per heavy atom. The van der Waals surface area contributed by atoms with E-state index in [1.807, 2.05) is 0 Å². The van der Waals surface area contributed by atoms with E-state index in [-0.39, 0.29) is 5.97 Å². The van der Waals surface area contributed by atoms with E-state index in [2.05, 4.69) is 9.97 Å². The van der Waals surface area contributed by atoms with Crippen molar-refractivity contribution in [3.05, 3.63) is 28.9 Å². The molecule has 6 heteroatoms. The summed E-state index contributed by atoms with van der Waals surface area (Å²) in [5.41, 5.74) is 7.53. The average Bonchev–Trinajstić information content (AvgIpc) is 2.72. The van der Waals surface area contributed by atoms with E-state index >= 15 is 0 Å². The Hall–Kier alpha value is -1.95. The lowest BCUT2D eigenvalue weighted by Gasteiger charge is -1.97. The fraction of sp³-hybridized carbons (Fsp3) is 0.250. The molecular weight excluding hydrogens is 250 g/mol. The normalized spacial score (nSPS) is 10.3. The second-order valence-corrected chi connectivity index (χ2v) is 4.63. The first-order valence-electron chi connectivity index (χ1n) is 5.48. The molecule has 0 aliphatic heterocycles. The molecule has 0 unspecified atom stereocenters. The molecule has 2 N–H and O–H groups in total. The lowest BCUT2D eigenvalue weighted by atomic mass is 10.3. The average molecular weight is 263 g/mol. The SMILES string of the molecule is CCOC(=O)c1sc(-c2ccc(N)cn2)nc1C. The highest BCUT2D eigenvalue weighted by Gasteiger charge is 2.17. The van der Waals surface area contributed by atoms with Crippen molar-refractivity contribution in [1.29, 1.82) is 0 Å². The number of carbonyl (C=O) groups is 1. The molecule has 0 amide bonds. The first-order chi connectivity index (χ1) is 8.61. The number of thiazole rings is 1. The van der Waals surface area contributed by atoms with Gasteiger partial charge in [0.2, 0.25) is 0 Å². The van der Waals surface area contributed by atoms with Gasteiger partial charge in [-0.15, -0.1) is 11.3 Å². The van der Waals surface area contributed by atoms with Gasteiger partial charge in [-0.1, -0.05) is 0 Å². The largest absolute Gasteiger partial charge is 0.462 e. The van der Waals surface area contributed by atoms with E-state index in [1.54, 1.807) is 32.2 Å². The molecule has 0 fully saturated rings. The van der Waals surface area contributed by atoms with Gasteiger partial charge in [0, 0.05) is 0 Å². The van der Waals surface area contributed by atoms with Crippen LogP contribution >= 0.6 is 11.3 Å². The topological polar surface area (TPSA) is 78.1 Å². The molecule has 2 rings (SSSR count). The van der Waals surface area contributed by atoms with Crippen LogP contribution in [0.25, 0.3) is 10.7 Å². The van der Waals surface area contributed by atoms with Crippen molar-refractivity contribution in [2.45, 2.75) is 13.8 Å². The third-order valence-electron chi connectivity index (χ3n) is 2.26. The minimum Gasteiger partial charge on any atom is -0.462 e. The zero-order valence-corrected chi connectivity index (χ0v) is 11.0. The van der Waals surface area contributed by atoms with Crippen LogP contribution in [0.15, 0.2) is 18.3 Å². The van der Waals surface area contributed by atoms with Gasteiger partial charge < -0.3 is 10.5 Å². The monoisotopic (exact) mass is 263 g/mol. The summed E-state index contributed by atoms with van der Waals surface area (Å²) in [5.74, 6) is -0.339. The first-order valence-corrected chi connectivity index (χ1v) is 6.30. The molecule has 0 saturated carbocycles. The number of hydrogen-bond acceptors (Lipinski definition) is 6. The molecule has 18 heavy (non-hydrogen) atoms. The molecule has 2 heterocycles. The second kappa shape index (κ2) is 5.14. The van der Waals surface area contributed by atoms with Crippen molar-refractivity contribution in [3.63, 3.8) is 0 Å². The Labute approximate surface area is 109 Å². The van der Waals surface area contributed by atoms with Gasteiger partial charge >= 0.3 is 5.97 Å². The number of nitrogens with two attached hydrogens (primary N) is 1. The van der Waals surface area contributed by atoms with Crippen molar-refractivity contribution >= 4 is 23.0 Å². The van der Waals surface area contributed by atoms with Gasteiger partial charge in [0.05, 0.1) is 29.9 Å². The van der Waals surface area contributed by atoms with Gasteiger partial charge in [0.25, 0.3) is 0 Å². The quantitative estimate of drug-likeness (QED) is 0.859. The zero-order chi connectivity index (χ0) is 13.1. The van der Waals surface area contributed by atoms with Crippen LogP contribution in [0, 0.1) is 6.92 Å². The Kier molecular flexibility index (Phi) is 3.57. The number of aryl methyl sites for hydroxylation is 1. The van der Waals surface area contributed by atoms with Crippen LogP contribution in [-0.4, -0.2) is 22.5 Å². The number of aromatic nitrogens is 2. The third-order valence-corrected chi connectivity index (χ3v) is 3.42. The minimum atomic E-state index is -0.339. The summed E-state index contributed by atoms with van der Waals surface area (Å²) in [6.07, 6.45) is 1.57. The molecule has 0 atom stereocenters. The van der Waals surface area contributed by atoms with Gasteiger partial charge in [0.15, 0.2) is 0 Å². The van der Waals surface area contributed by atoms with Crippen LogP contribution < -0.4 is 5.73 Å². The molecule has 2 aromatic rings. The van der Waals surface area contributed by atoms with Crippen LogP contribution in [-0.2, 0) is 4.74 Å². The number of hydrogen-bond donors (Lipinski definition) is 1. The summed E-state index contributed by atoms with van der Waals surface area (Å²) in [6.45, 7) is 3.91. The first kappa shape index (κ1) is 12.5. The maximum Gasteiger partial charge on any atom is 0.350 e. The lowest BCUT2D eigenvalue weighted by molar-refractivity contribution is 0.0531. The van der Waals surface area contributed by atoms with Crippen molar-refractivity contribution in [1.82, 2.24) is 9.97 Å². The molecule has 0 bridgehead atoms. The smallest absolute Gasteiger partial charge is 0.350 e. The van der Waals surface area contributed by atoms with Gasteiger partial charge in [0.1, 0.15) is 9.88 Å². The molecule has 5 nitrogen and oxygen atoms in total. The van der Waals surface area contributed by atoms with Crippen LogP contribution in [0.4, 0.5) is 5.69 Å². The van der Waals surface area contributed by atoms with Gasteiger partial charge in [-0.3, -0.25) is 4.98 Å². The van der Waals surface area contributed by atoms with E-state index in [0.29, 0.717) is 33.6 Å². The lowest BCUT2D eigenvalue weighted by Crippen LogP contribution is -2.03. The number of esters is 1. The standard InChI is InChI=1S/C12H13N3O2S/c1-3-17-12(16)10-7(2)15-11(18-10)9-5-4-8(13)6-14-9/h4-6H,3,13H2,1-2H3. The van der Waals surface area contributed by atoms with Crippen LogP contribution in [0.3, 0.4) is 0 Å². The number of nitrogen functional groups attached to an aromatic ring is 1. The van der Waals surface area contributed by atoms with Gasteiger partial charge in [-0.2, -0.15) is 0 Å². The van der Waals surface area contributed by atoms with Crippen LogP contribution in [0.1, 0.15) is 22.3 Å². The fourth-order valence-corrected chi connectivity index (χ4v) is 2.36. The molecule has 0 aliphatic rings. The van der Waals surface area contributed by atoms with E-state index in [9.17, 15) is 4.79 Å². The maximum atomic E-state index is 11.7. The zero-order valence-electron chi connectivity index (χ0n) is 10.1.